The molecule has 0 aliphatic rings. The van der Waals surface area contributed by atoms with E-state index in [0.717, 1.165) is 11.0 Å². The number of alkyl carbamates (subject to hydrolysis) is 1. The van der Waals surface area contributed by atoms with E-state index in [9.17, 15) is 4.79 Å². The van der Waals surface area contributed by atoms with Crippen molar-refractivity contribution in [1.82, 2.24) is 5.32 Å². The fourth-order valence-electron chi connectivity index (χ4n) is 1.26. The van der Waals surface area contributed by atoms with Gasteiger partial charge in [-0.05, 0) is 20.8 Å². The second kappa shape index (κ2) is 5.20. The third kappa shape index (κ3) is 7.86. The molecule has 0 aromatic heterocycles. The number of hydrogen-bond donors (Lipinski definition) is 1. The maximum absolute atomic E-state index is 11.2. The number of carbonyl (C=O) groups excluding carboxylic acids is 1. The van der Waals surface area contributed by atoms with Crippen LogP contribution >= 0.6 is 0 Å². The number of amides is 1. The number of nitrogens with one attached hydrogen (secondary N) is 1. The molecule has 0 bridgehead atoms. The highest BCUT2D eigenvalue weighted by Gasteiger charge is 2.17. The van der Waals surface area contributed by atoms with Gasteiger partial charge in [0.25, 0.3) is 0 Å². The molecule has 0 aromatic carbocycles. The summed E-state index contributed by atoms with van der Waals surface area (Å²) >= 11 is 0. The van der Waals surface area contributed by atoms with Gasteiger partial charge >= 0.3 is 6.09 Å². The molecule has 0 aromatic rings. The van der Waals surface area contributed by atoms with Crippen molar-refractivity contribution in [1.29, 1.82) is 0 Å². The van der Waals surface area contributed by atoms with Crippen LogP contribution in [0.5, 0.6) is 0 Å². The summed E-state index contributed by atoms with van der Waals surface area (Å²) in [6.07, 6.45) is -0.394. The van der Waals surface area contributed by atoms with Crippen LogP contribution in [0.1, 0.15) is 20.8 Å². The van der Waals surface area contributed by atoms with Crippen LogP contribution < -0.4 is 5.32 Å². The Bertz CT molecular complexity index is 185. The number of nitrogens with zero attached hydrogens (tertiary/aromatic N) is 1. The minimum atomic E-state index is -0.332. The smallest absolute Gasteiger partial charge is 0.407 e. The predicted octanol–water partition coefficient (Wildman–Crippen LogP) is 1.22. The first-order valence-corrected chi connectivity index (χ1v) is 4.98. The first-order chi connectivity index (χ1) is 6.20. The Labute approximate surface area is 86.8 Å². The lowest BCUT2D eigenvalue weighted by molar-refractivity contribution is -0.873. The van der Waals surface area contributed by atoms with Crippen LogP contribution in [0.2, 0.25) is 0 Å². The Balaban J connectivity index is 3.83. The average molecular weight is 203 g/mol. The fourth-order valence-corrected chi connectivity index (χ4v) is 1.26. The molecule has 0 saturated carbocycles. The van der Waals surface area contributed by atoms with Crippen LogP contribution in [0, 0.1) is 0 Å². The van der Waals surface area contributed by atoms with Crippen molar-refractivity contribution in [2.24, 2.45) is 0 Å². The minimum absolute atomic E-state index is 0.0613. The maximum atomic E-state index is 11.2. The molecule has 0 heterocycles. The molecule has 0 radical (unpaired) electrons. The van der Waals surface area contributed by atoms with E-state index in [1.165, 1.54) is 0 Å². The lowest BCUT2D eigenvalue weighted by Crippen LogP contribution is -2.43. The van der Waals surface area contributed by atoms with Crippen LogP contribution in [0.4, 0.5) is 4.79 Å². The zero-order valence-electron chi connectivity index (χ0n) is 10.1. The monoisotopic (exact) mass is 203 g/mol. The maximum Gasteiger partial charge on any atom is 0.407 e. The molecular weight excluding hydrogens is 180 g/mol. The lowest BCUT2D eigenvalue weighted by atomic mass is 10.3. The first kappa shape index (κ1) is 13.2. The largest absolute Gasteiger partial charge is 0.441 e. The average Bonchev–Trinajstić information content (AvgIpc) is 1.77. The van der Waals surface area contributed by atoms with Crippen LogP contribution in [-0.4, -0.2) is 50.4 Å². The van der Waals surface area contributed by atoms with Gasteiger partial charge in [-0.1, -0.05) is 0 Å². The molecule has 1 unspecified atom stereocenters. The van der Waals surface area contributed by atoms with E-state index in [2.05, 4.69) is 26.5 Å². The van der Waals surface area contributed by atoms with Crippen LogP contribution in [-0.2, 0) is 4.74 Å². The number of carbonyl (C=O) groups is 1. The number of ether oxygens (including phenoxy) is 1. The highest BCUT2D eigenvalue weighted by molar-refractivity contribution is 5.67. The van der Waals surface area contributed by atoms with Gasteiger partial charge in [0.15, 0.2) is 0 Å². The van der Waals surface area contributed by atoms with E-state index in [0.29, 0.717) is 0 Å². The molecule has 0 aliphatic carbocycles. The summed E-state index contributed by atoms with van der Waals surface area (Å²) in [5.74, 6) is 0. The molecule has 0 rings (SSSR count). The Morgan fingerprint density at radius 2 is 1.79 bits per heavy atom. The van der Waals surface area contributed by atoms with Gasteiger partial charge in [-0.15, -0.1) is 0 Å². The third-order valence-corrected chi connectivity index (χ3v) is 1.52. The summed E-state index contributed by atoms with van der Waals surface area (Å²) in [7, 11) is 6.21. The second-order valence-electron chi connectivity index (χ2n) is 4.99. The third-order valence-electron chi connectivity index (χ3n) is 1.52. The molecule has 0 saturated heterocycles. The van der Waals surface area contributed by atoms with Crippen LogP contribution in [0.3, 0.4) is 0 Å². The molecule has 0 aliphatic heterocycles. The van der Waals surface area contributed by atoms with Crippen LogP contribution in [0.15, 0.2) is 0 Å². The van der Waals surface area contributed by atoms with E-state index in [1.807, 2.05) is 20.8 Å². The standard InChI is InChI=1S/C10H22N2O2/c1-8(2)11-10(13)14-9(3)7-12(4,5)6/h8-9H,7H2,1-6H3/p+1. The lowest BCUT2D eigenvalue weighted by Gasteiger charge is -2.27. The summed E-state index contributed by atoms with van der Waals surface area (Å²) in [6.45, 7) is 6.53. The van der Waals surface area contributed by atoms with Crippen molar-refractivity contribution in [2.45, 2.75) is 32.9 Å². The van der Waals surface area contributed by atoms with Gasteiger partial charge in [0.1, 0.15) is 12.6 Å². The van der Waals surface area contributed by atoms with Gasteiger partial charge in [0, 0.05) is 6.04 Å². The highest BCUT2D eigenvalue weighted by atomic mass is 16.6. The van der Waals surface area contributed by atoms with E-state index < -0.39 is 0 Å². The topological polar surface area (TPSA) is 38.3 Å². The van der Waals surface area contributed by atoms with Crippen molar-refractivity contribution in [3.05, 3.63) is 0 Å². The Hall–Kier alpha value is -0.770. The van der Waals surface area contributed by atoms with E-state index in [4.69, 9.17) is 4.74 Å². The Morgan fingerprint density at radius 3 is 2.14 bits per heavy atom. The Kier molecular flexibility index (Phi) is 4.91. The van der Waals surface area contributed by atoms with E-state index >= 15 is 0 Å². The fraction of sp³-hybridized carbons (Fsp3) is 0.900. The molecular formula is C10H23N2O2+. The zero-order chi connectivity index (χ0) is 11.4. The van der Waals surface area contributed by atoms with Crippen molar-refractivity contribution in [2.75, 3.05) is 27.7 Å². The minimum Gasteiger partial charge on any atom is -0.441 e. The molecule has 4 nitrogen and oxygen atoms in total. The van der Waals surface area contributed by atoms with Crippen molar-refractivity contribution < 1.29 is 14.0 Å². The molecule has 1 N–H and O–H groups in total. The zero-order valence-corrected chi connectivity index (χ0v) is 10.1. The molecule has 1 atom stereocenters. The van der Waals surface area contributed by atoms with Gasteiger partial charge in [0.2, 0.25) is 0 Å². The summed E-state index contributed by atoms with van der Waals surface area (Å²) in [5.41, 5.74) is 0. The molecule has 0 fully saturated rings. The van der Waals surface area contributed by atoms with Crippen molar-refractivity contribution in [3.8, 4) is 0 Å². The van der Waals surface area contributed by atoms with E-state index in [1.54, 1.807) is 0 Å². The molecule has 0 spiro atoms. The second-order valence-corrected chi connectivity index (χ2v) is 4.99. The number of quaternary nitrogens is 1. The highest BCUT2D eigenvalue weighted by Crippen LogP contribution is 1.99. The summed E-state index contributed by atoms with van der Waals surface area (Å²) in [5, 5.41) is 2.69. The van der Waals surface area contributed by atoms with Gasteiger partial charge in [-0.2, -0.15) is 0 Å². The van der Waals surface area contributed by atoms with Gasteiger partial charge in [-0.3, -0.25) is 0 Å². The van der Waals surface area contributed by atoms with E-state index in [-0.39, 0.29) is 18.2 Å². The van der Waals surface area contributed by atoms with Crippen molar-refractivity contribution >= 4 is 6.09 Å². The quantitative estimate of drug-likeness (QED) is 0.698. The molecule has 84 valence electrons. The van der Waals surface area contributed by atoms with Gasteiger partial charge in [-0.25, -0.2) is 4.79 Å². The summed E-state index contributed by atoms with van der Waals surface area (Å²) in [4.78, 5) is 11.2. The molecule has 4 heteroatoms. The normalized spacial score (nSPS) is 13.9. The SMILES string of the molecule is CC(C)NC(=O)OC(C)C[N+](C)(C)C. The van der Waals surface area contributed by atoms with Gasteiger partial charge in [0.05, 0.1) is 21.1 Å². The first-order valence-electron chi connectivity index (χ1n) is 4.98. The van der Waals surface area contributed by atoms with Crippen molar-refractivity contribution in [3.63, 3.8) is 0 Å². The number of hydrogen-bond acceptors (Lipinski definition) is 2. The molecule has 14 heavy (non-hydrogen) atoms. The summed E-state index contributed by atoms with van der Waals surface area (Å²) in [6, 6.07) is 0.124. The molecule has 1 amide bonds. The summed E-state index contributed by atoms with van der Waals surface area (Å²) < 4.78 is 5.96. The van der Waals surface area contributed by atoms with Crippen LogP contribution in [0.25, 0.3) is 0 Å². The van der Waals surface area contributed by atoms with Gasteiger partial charge < -0.3 is 14.5 Å². The number of rotatable bonds is 4. The Morgan fingerprint density at radius 1 is 1.29 bits per heavy atom. The predicted molar refractivity (Wildman–Crippen MR) is 57.1 cm³/mol. The number of likely N-dealkylation sites (N-methyl/N-ethyl adjacent to an activating group) is 1.